The van der Waals surface area contributed by atoms with Crippen LogP contribution < -0.4 is 5.32 Å². The number of hydrogen-bond donors (Lipinski definition) is 1. The van der Waals surface area contributed by atoms with Crippen LogP contribution in [0.1, 0.15) is 24.8 Å². The lowest BCUT2D eigenvalue weighted by Crippen LogP contribution is -2.53. The number of hydrogen-bond acceptors (Lipinski definition) is 2. The maximum atomic E-state index is 14.3. The molecule has 110 valence electrons. The molecule has 0 saturated carbocycles. The Balaban J connectivity index is 1.63. The molecule has 1 aromatic carbocycles. The highest BCUT2D eigenvalue weighted by Gasteiger charge is 2.38. The maximum Gasteiger partial charge on any atom is 0.285 e. The molecule has 2 saturated heterocycles. The molecule has 2 aliphatic heterocycles. The molecular formula is C16H22F2N2. The van der Waals surface area contributed by atoms with Gasteiger partial charge >= 0.3 is 0 Å². The van der Waals surface area contributed by atoms with E-state index in [4.69, 9.17) is 0 Å². The van der Waals surface area contributed by atoms with Gasteiger partial charge in [-0.05, 0) is 38.3 Å². The highest BCUT2D eigenvalue weighted by molar-refractivity contribution is 5.20. The summed E-state index contributed by atoms with van der Waals surface area (Å²) in [5.74, 6) is -2.21. The first-order chi connectivity index (χ1) is 9.65. The molecule has 0 amide bonds. The van der Waals surface area contributed by atoms with Crippen molar-refractivity contribution < 1.29 is 8.78 Å². The minimum atomic E-state index is -2.75. The average molecular weight is 280 g/mol. The van der Waals surface area contributed by atoms with Crippen LogP contribution in [0.15, 0.2) is 30.3 Å². The molecule has 2 atom stereocenters. The Morgan fingerprint density at radius 1 is 1.20 bits per heavy atom. The average Bonchev–Trinajstić information content (AvgIpc) is 2.48. The van der Waals surface area contributed by atoms with Crippen LogP contribution in [-0.4, -0.2) is 37.1 Å². The molecule has 1 aromatic rings. The number of fused-ring (bicyclic) bond motifs is 1. The molecule has 2 heterocycles. The summed E-state index contributed by atoms with van der Waals surface area (Å²) in [6, 6.07) is 8.73. The van der Waals surface area contributed by atoms with Crippen molar-refractivity contribution in [3.05, 3.63) is 35.9 Å². The van der Waals surface area contributed by atoms with E-state index in [0.717, 1.165) is 26.1 Å². The fourth-order valence-corrected chi connectivity index (χ4v) is 3.52. The third-order valence-corrected chi connectivity index (χ3v) is 4.59. The lowest BCUT2D eigenvalue weighted by molar-refractivity contribution is -0.0509. The number of benzene rings is 1. The second-order valence-corrected chi connectivity index (χ2v) is 6.06. The Labute approximate surface area is 119 Å². The van der Waals surface area contributed by atoms with E-state index in [1.54, 1.807) is 18.2 Å². The minimum absolute atomic E-state index is 0.129. The topological polar surface area (TPSA) is 15.3 Å². The van der Waals surface area contributed by atoms with Gasteiger partial charge in [-0.3, -0.25) is 4.90 Å². The van der Waals surface area contributed by atoms with Gasteiger partial charge in [0.05, 0.1) is 6.54 Å². The van der Waals surface area contributed by atoms with Crippen molar-refractivity contribution in [1.82, 2.24) is 10.2 Å². The highest BCUT2D eigenvalue weighted by Crippen LogP contribution is 2.32. The second-order valence-electron chi connectivity index (χ2n) is 6.06. The molecule has 20 heavy (non-hydrogen) atoms. The summed E-state index contributed by atoms with van der Waals surface area (Å²) in [6.07, 6.45) is 3.34. The number of halogens is 2. The van der Waals surface area contributed by atoms with Gasteiger partial charge in [-0.15, -0.1) is 0 Å². The summed E-state index contributed by atoms with van der Waals surface area (Å²) in [7, 11) is 0. The largest absolute Gasteiger partial charge is 0.314 e. The van der Waals surface area contributed by atoms with Gasteiger partial charge in [-0.1, -0.05) is 30.3 Å². The van der Waals surface area contributed by atoms with Crippen molar-refractivity contribution in [2.24, 2.45) is 5.92 Å². The zero-order chi connectivity index (χ0) is 14.0. The van der Waals surface area contributed by atoms with Crippen molar-refractivity contribution in [2.75, 3.05) is 26.2 Å². The molecule has 4 heteroatoms. The first kappa shape index (κ1) is 14.0. The predicted molar refractivity (Wildman–Crippen MR) is 75.9 cm³/mol. The van der Waals surface area contributed by atoms with Crippen LogP contribution in [0.5, 0.6) is 0 Å². The van der Waals surface area contributed by atoms with Crippen LogP contribution in [-0.2, 0) is 5.92 Å². The van der Waals surface area contributed by atoms with E-state index in [0.29, 0.717) is 12.0 Å². The van der Waals surface area contributed by atoms with Crippen LogP contribution in [0.2, 0.25) is 0 Å². The first-order valence-corrected chi connectivity index (χ1v) is 7.54. The van der Waals surface area contributed by atoms with Crippen LogP contribution >= 0.6 is 0 Å². The highest BCUT2D eigenvalue weighted by atomic mass is 19.3. The molecule has 2 aliphatic rings. The van der Waals surface area contributed by atoms with Crippen molar-refractivity contribution in [2.45, 2.75) is 31.2 Å². The Bertz CT molecular complexity index is 435. The van der Waals surface area contributed by atoms with Gasteiger partial charge < -0.3 is 5.32 Å². The predicted octanol–water partition coefficient (Wildman–Crippen LogP) is 2.85. The summed E-state index contributed by atoms with van der Waals surface area (Å²) in [5, 5.41) is 3.52. The lowest BCUT2D eigenvalue weighted by atomic mass is 9.85. The van der Waals surface area contributed by atoms with Crippen molar-refractivity contribution in [3.63, 3.8) is 0 Å². The summed E-state index contributed by atoms with van der Waals surface area (Å²) in [6.45, 7) is 2.51. The van der Waals surface area contributed by atoms with Gasteiger partial charge in [0, 0.05) is 18.2 Å². The number of alkyl halides is 2. The van der Waals surface area contributed by atoms with E-state index in [9.17, 15) is 8.78 Å². The Morgan fingerprint density at radius 2 is 2.00 bits per heavy atom. The molecule has 2 fully saturated rings. The molecule has 0 aromatic heterocycles. The van der Waals surface area contributed by atoms with Crippen LogP contribution in [0, 0.1) is 5.92 Å². The van der Waals surface area contributed by atoms with E-state index in [2.05, 4.69) is 5.32 Å². The van der Waals surface area contributed by atoms with Crippen molar-refractivity contribution in [1.29, 1.82) is 0 Å². The Hall–Kier alpha value is -1.00. The van der Waals surface area contributed by atoms with Gasteiger partial charge in [0.2, 0.25) is 0 Å². The second kappa shape index (κ2) is 5.78. The van der Waals surface area contributed by atoms with E-state index in [1.165, 1.54) is 25.0 Å². The molecular weight excluding hydrogens is 258 g/mol. The molecule has 0 radical (unpaired) electrons. The third-order valence-electron chi connectivity index (χ3n) is 4.59. The Morgan fingerprint density at radius 3 is 2.80 bits per heavy atom. The van der Waals surface area contributed by atoms with Crippen molar-refractivity contribution >= 4 is 0 Å². The third kappa shape index (κ3) is 3.01. The summed E-state index contributed by atoms with van der Waals surface area (Å²) >= 11 is 0. The standard InChI is InChI=1S/C16H22F2N2/c17-16(18,14-6-2-1-3-7-14)12-20-10-8-15-13(11-20)5-4-9-19-15/h1-3,6-7,13,15,19H,4-5,8-12H2. The van der Waals surface area contributed by atoms with Gasteiger partial charge in [0.25, 0.3) is 5.92 Å². The first-order valence-electron chi connectivity index (χ1n) is 7.54. The van der Waals surface area contributed by atoms with Crippen molar-refractivity contribution in [3.8, 4) is 0 Å². The Kier molecular flexibility index (Phi) is 4.03. The van der Waals surface area contributed by atoms with E-state index in [1.807, 2.05) is 4.90 Å². The fourth-order valence-electron chi connectivity index (χ4n) is 3.52. The molecule has 0 bridgehead atoms. The zero-order valence-electron chi connectivity index (χ0n) is 11.7. The molecule has 1 N–H and O–H groups in total. The molecule has 2 nitrogen and oxygen atoms in total. The molecule has 2 unspecified atom stereocenters. The van der Waals surface area contributed by atoms with Crippen LogP contribution in [0.25, 0.3) is 0 Å². The number of piperidine rings is 2. The SMILES string of the molecule is FC(F)(CN1CCC2NCCCC2C1)c1ccccc1. The summed E-state index contributed by atoms with van der Waals surface area (Å²) in [5.41, 5.74) is 0.129. The quantitative estimate of drug-likeness (QED) is 0.916. The smallest absolute Gasteiger partial charge is 0.285 e. The number of nitrogens with zero attached hydrogens (tertiary/aromatic N) is 1. The fraction of sp³-hybridized carbons (Fsp3) is 0.625. The monoisotopic (exact) mass is 280 g/mol. The van der Waals surface area contributed by atoms with E-state index >= 15 is 0 Å². The molecule has 3 rings (SSSR count). The normalized spacial score (nSPS) is 28.1. The number of nitrogens with one attached hydrogen (secondary N) is 1. The maximum absolute atomic E-state index is 14.3. The zero-order valence-corrected chi connectivity index (χ0v) is 11.7. The van der Waals surface area contributed by atoms with Gasteiger partial charge in [0.1, 0.15) is 0 Å². The summed E-state index contributed by atoms with van der Waals surface area (Å²) < 4.78 is 28.6. The van der Waals surface area contributed by atoms with Gasteiger partial charge in [-0.2, -0.15) is 8.78 Å². The van der Waals surface area contributed by atoms with Crippen LogP contribution in [0.3, 0.4) is 0 Å². The van der Waals surface area contributed by atoms with E-state index in [-0.39, 0.29) is 12.1 Å². The molecule has 0 aliphatic carbocycles. The minimum Gasteiger partial charge on any atom is -0.314 e. The lowest BCUT2D eigenvalue weighted by Gasteiger charge is -2.42. The number of likely N-dealkylation sites (tertiary alicyclic amines) is 1. The molecule has 0 spiro atoms. The van der Waals surface area contributed by atoms with Gasteiger partial charge in [0.15, 0.2) is 0 Å². The summed E-state index contributed by atoms with van der Waals surface area (Å²) in [4.78, 5) is 1.95. The van der Waals surface area contributed by atoms with Crippen LogP contribution in [0.4, 0.5) is 8.78 Å². The number of rotatable bonds is 3. The van der Waals surface area contributed by atoms with Gasteiger partial charge in [-0.25, -0.2) is 0 Å². The van der Waals surface area contributed by atoms with E-state index < -0.39 is 5.92 Å².